The second-order valence-corrected chi connectivity index (χ2v) is 3.08. The van der Waals surface area contributed by atoms with Crippen LogP contribution in [0, 0.1) is 27.2 Å². The molecule has 9 nitrogen and oxygen atoms in total. The Hall–Kier alpha value is -2.71. The number of benzene rings is 1. The van der Waals surface area contributed by atoms with Crippen molar-refractivity contribution >= 4 is 23.2 Å². The lowest BCUT2D eigenvalue weighted by molar-refractivity contribution is -0.395. The normalized spacial score (nSPS) is 9.71. The highest BCUT2D eigenvalue weighted by atomic mass is 16.6. The van der Waals surface area contributed by atoms with Gasteiger partial charge >= 0.3 is 6.09 Å². The molecule has 0 heterocycles. The average molecular weight is 241 g/mol. The molecule has 0 aliphatic rings. The predicted molar refractivity (Wildman–Crippen MR) is 56.1 cm³/mol. The van der Waals surface area contributed by atoms with Gasteiger partial charge in [0.2, 0.25) is 0 Å². The summed E-state index contributed by atoms with van der Waals surface area (Å²) in [5, 5.41) is 31.6. The molecule has 0 atom stereocenters. The van der Waals surface area contributed by atoms with E-state index in [0.29, 0.717) is 0 Å². The summed E-state index contributed by atoms with van der Waals surface area (Å²) in [5.41, 5.74) is -1.37. The van der Waals surface area contributed by atoms with Gasteiger partial charge in [-0.25, -0.2) is 4.79 Å². The van der Waals surface area contributed by atoms with E-state index >= 15 is 0 Å². The van der Waals surface area contributed by atoms with Gasteiger partial charge < -0.3 is 5.11 Å². The van der Waals surface area contributed by atoms with Crippen LogP contribution in [-0.4, -0.2) is 21.0 Å². The highest BCUT2D eigenvalue weighted by Gasteiger charge is 2.23. The number of nitro benzene ring substituents is 2. The minimum Gasteiger partial charge on any atom is -0.465 e. The van der Waals surface area contributed by atoms with E-state index in [1.54, 1.807) is 0 Å². The summed E-state index contributed by atoms with van der Waals surface area (Å²) in [6, 6.07) is 1.85. The SMILES string of the molecule is Cc1c([N+](=O)[O-])cc(NC(=O)O)cc1[N+](=O)[O-]. The third-order valence-electron chi connectivity index (χ3n) is 2.00. The smallest absolute Gasteiger partial charge is 0.409 e. The van der Waals surface area contributed by atoms with E-state index < -0.39 is 27.3 Å². The van der Waals surface area contributed by atoms with Gasteiger partial charge in [0.05, 0.1) is 15.5 Å². The van der Waals surface area contributed by atoms with Gasteiger partial charge in [-0.15, -0.1) is 0 Å². The molecule has 0 aliphatic heterocycles. The van der Waals surface area contributed by atoms with Crippen molar-refractivity contribution in [2.45, 2.75) is 6.92 Å². The lowest BCUT2D eigenvalue weighted by Gasteiger charge is -2.03. The number of amides is 1. The van der Waals surface area contributed by atoms with Crippen LogP contribution in [0.5, 0.6) is 0 Å². The maximum Gasteiger partial charge on any atom is 0.409 e. The largest absolute Gasteiger partial charge is 0.465 e. The Bertz CT molecular complexity index is 477. The fourth-order valence-corrected chi connectivity index (χ4v) is 1.26. The number of rotatable bonds is 3. The van der Waals surface area contributed by atoms with E-state index in [1.165, 1.54) is 6.92 Å². The lowest BCUT2D eigenvalue weighted by atomic mass is 10.1. The van der Waals surface area contributed by atoms with Gasteiger partial charge in [0.15, 0.2) is 0 Å². The summed E-state index contributed by atoms with van der Waals surface area (Å²) in [7, 11) is 0. The fourth-order valence-electron chi connectivity index (χ4n) is 1.26. The second kappa shape index (κ2) is 4.43. The molecule has 17 heavy (non-hydrogen) atoms. The van der Waals surface area contributed by atoms with Crippen LogP contribution in [0.3, 0.4) is 0 Å². The summed E-state index contributed by atoms with van der Waals surface area (Å²) in [5.74, 6) is 0. The first-order chi connectivity index (χ1) is 7.82. The first-order valence-corrected chi connectivity index (χ1v) is 4.26. The van der Waals surface area contributed by atoms with E-state index in [4.69, 9.17) is 5.11 Å². The third kappa shape index (κ3) is 2.65. The van der Waals surface area contributed by atoms with Gasteiger partial charge in [-0.3, -0.25) is 25.5 Å². The van der Waals surface area contributed by atoms with Crippen LogP contribution in [-0.2, 0) is 0 Å². The van der Waals surface area contributed by atoms with Crippen molar-refractivity contribution in [2.75, 3.05) is 5.32 Å². The molecule has 0 fully saturated rings. The van der Waals surface area contributed by atoms with Crippen molar-refractivity contribution in [2.24, 2.45) is 0 Å². The molecule has 1 amide bonds. The summed E-state index contributed by atoms with van der Waals surface area (Å²) in [4.78, 5) is 30.0. The standard InChI is InChI=1S/C8H7N3O6/c1-4-6(10(14)15)2-5(9-8(12)13)3-7(4)11(16)17/h2-3,9H,1H3,(H,12,13). The van der Waals surface area contributed by atoms with E-state index in [2.05, 4.69) is 0 Å². The Labute approximate surface area is 94.0 Å². The van der Waals surface area contributed by atoms with Crippen LogP contribution >= 0.6 is 0 Å². The van der Waals surface area contributed by atoms with Crippen molar-refractivity contribution in [1.82, 2.24) is 0 Å². The number of carbonyl (C=O) groups is 1. The first kappa shape index (κ1) is 12.4. The summed E-state index contributed by atoms with van der Waals surface area (Å²) in [6.07, 6.45) is -1.46. The first-order valence-electron chi connectivity index (χ1n) is 4.26. The van der Waals surface area contributed by atoms with Crippen LogP contribution in [0.2, 0.25) is 0 Å². The number of hydrogen-bond donors (Lipinski definition) is 2. The van der Waals surface area contributed by atoms with E-state index in [0.717, 1.165) is 12.1 Å². The molecule has 0 saturated heterocycles. The molecule has 1 aromatic carbocycles. The molecule has 0 bridgehead atoms. The predicted octanol–water partition coefficient (Wildman–Crippen LogP) is 1.90. The molecule has 0 aliphatic carbocycles. The van der Waals surface area contributed by atoms with Gasteiger partial charge in [-0.2, -0.15) is 0 Å². The van der Waals surface area contributed by atoms with Crippen molar-refractivity contribution in [3.05, 3.63) is 37.9 Å². The van der Waals surface area contributed by atoms with E-state index in [9.17, 15) is 25.0 Å². The van der Waals surface area contributed by atoms with Crippen LogP contribution in [0.25, 0.3) is 0 Å². The number of nitrogens with one attached hydrogen (secondary N) is 1. The van der Waals surface area contributed by atoms with Crippen molar-refractivity contribution in [1.29, 1.82) is 0 Å². The minimum atomic E-state index is -1.46. The van der Waals surface area contributed by atoms with Gasteiger partial charge in [0.1, 0.15) is 5.56 Å². The number of hydrogen-bond acceptors (Lipinski definition) is 5. The molecule has 0 spiro atoms. The molecular weight excluding hydrogens is 234 g/mol. The quantitative estimate of drug-likeness (QED) is 0.612. The number of nitrogens with zero attached hydrogens (tertiary/aromatic N) is 2. The number of nitro groups is 2. The Morgan fingerprint density at radius 1 is 1.24 bits per heavy atom. The van der Waals surface area contributed by atoms with Crippen molar-refractivity contribution < 1.29 is 19.7 Å². The lowest BCUT2D eigenvalue weighted by Crippen LogP contribution is -2.08. The van der Waals surface area contributed by atoms with Crippen LogP contribution in [0.15, 0.2) is 12.1 Å². The number of anilines is 1. The maximum atomic E-state index is 10.6. The molecule has 0 saturated carbocycles. The second-order valence-electron chi connectivity index (χ2n) is 3.08. The van der Waals surface area contributed by atoms with Gasteiger partial charge in [0, 0.05) is 12.1 Å². The molecular formula is C8H7N3O6. The molecule has 90 valence electrons. The third-order valence-corrected chi connectivity index (χ3v) is 2.00. The number of carboxylic acid groups (broad SMARTS) is 1. The Balaban J connectivity index is 3.41. The molecule has 9 heteroatoms. The summed E-state index contributed by atoms with van der Waals surface area (Å²) >= 11 is 0. The maximum absolute atomic E-state index is 10.6. The zero-order valence-corrected chi connectivity index (χ0v) is 8.54. The zero-order chi connectivity index (χ0) is 13.2. The van der Waals surface area contributed by atoms with E-state index in [1.807, 2.05) is 5.32 Å². The highest BCUT2D eigenvalue weighted by molar-refractivity contribution is 5.84. The molecule has 1 aromatic rings. The Morgan fingerprint density at radius 3 is 1.94 bits per heavy atom. The van der Waals surface area contributed by atoms with Crippen molar-refractivity contribution in [3.63, 3.8) is 0 Å². The van der Waals surface area contributed by atoms with Crippen molar-refractivity contribution in [3.8, 4) is 0 Å². The minimum absolute atomic E-state index is 0.129. The average Bonchev–Trinajstić information content (AvgIpc) is 2.18. The molecule has 0 aromatic heterocycles. The molecule has 1 rings (SSSR count). The Kier molecular flexibility index (Phi) is 3.22. The van der Waals surface area contributed by atoms with Crippen LogP contribution < -0.4 is 5.32 Å². The molecule has 0 radical (unpaired) electrons. The van der Waals surface area contributed by atoms with Gasteiger partial charge in [-0.1, -0.05) is 0 Å². The van der Waals surface area contributed by atoms with Gasteiger partial charge in [-0.05, 0) is 6.92 Å². The topological polar surface area (TPSA) is 136 Å². The summed E-state index contributed by atoms with van der Waals surface area (Å²) in [6.45, 7) is 1.22. The van der Waals surface area contributed by atoms with Crippen LogP contribution in [0.4, 0.5) is 21.9 Å². The fraction of sp³-hybridized carbons (Fsp3) is 0.125. The van der Waals surface area contributed by atoms with Crippen LogP contribution in [0.1, 0.15) is 5.56 Å². The molecule has 2 N–H and O–H groups in total. The summed E-state index contributed by atoms with van der Waals surface area (Å²) < 4.78 is 0. The molecule has 0 unspecified atom stereocenters. The zero-order valence-electron chi connectivity index (χ0n) is 8.54. The Morgan fingerprint density at radius 2 is 1.65 bits per heavy atom. The highest BCUT2D eigenvalue weighted by Crippen LogP contribution is 2.31. The monoisotopic (exact) mass is 241 g/mol. The van der Waals surface area contributed by atoms with E-state index in [-0.39, 0.29) is 11.3 Å². The van der Waals surface area contributed by atoms with Gasteiger partial charge in [0.25, 0.3) is 11.4 Å².